The molecule has 3 heteroatoms. The summed E-state index contributed by atoms with van der Waals surface area (Å²) in [5.41, 5.74) is 0.547. The van der Waals surface area contributed by atoms with E-state index < -0.39 is 5.79 Å². The molecule has 1 spiro atoms. The molecule has 1 saturated heterocycles. The van der Waals surface area contributed by atoms with Crippen LogP contribution in [0.15, 0.2) is 11.6 Å². The molecule has 0 bridgehead atoms. The number of fused-ring (bicyclic) bond motifs is 1. The largest absolute Gasteiger partial charge is 0.347 e. The maximum atomic E-state index is 12.6. The zero-order valence-corrected chi connectivity index (χ0v) is 12.4. The molecule has 3 rings (SSSR count). The standard InChI is InChI=1S/C16H24O3/c1-11-5-6-12-14(2,3)16(18-9-10-19-16)8-7-15(12,4)13(11)17/h5,12H,6-10H2,1-4H3/t12-,15-/m0/s1. The fourth-order valence-corrected chi connectivity index (χ4v) is 4.62. The van der Waals surface area contributed by atoms with Gasteiger partial charge in [0.15, 0.2) is 11.6 Å². The van der Waals surface area contributed by atoms with Crippen molar-refractivity contribution in [3.8, 4) is 0 Å². The average Bonchev–Trinajstić information content (AvgIpc) is 2.82. The van der Waals surface area contributed by atoms with Crippen molar-refractivity contribution in [3.05, 3.63) is 11.6 Å². The van der Waals surface area contributed by atoms with E-state index in [-0.39, 0.29) is 10.8 Å². The predicted octanol–water partition coefficient (Wildman–Crippen LogP) is 3.09. The molecule has 3 nitrogen and oxygen atoms in total. The molecular formula is C16H24O3. The number of hydrogen-bond donors (Lipinski definition) is 0. The first kappa shape index (κ1) is 13.3. The van der Waals surface area contributed by atoms with E-state index in [4.69, 9.17) is 9.47 Å². The highest BCUT2D eigenvalue weighted by atomic mass is 16.7. The van der Waals surface area contributed by atoms with E-state index in [9.17, 15) is 4.79 Å². The molecule has 1 heterocycles. The molecule has 0 unspecified atom stereocenters. The van der Waals surface area contributed by atoms with Crippen LogP contribution in [0.3, 0.4) is 0 Å². The molecular weight excluding hydrogens is 240 g/mol. The Morgan fingerprint density at radius 3 is 2.42 bits per heavy atom. The van der Waals surface area contributed by atoms with E-state index in [1.165, 1.54) is 0 Å². The van der Waals surface area contributed by atoms with Gasteiger partial charge in [0.1, 0.15) is 0 Å². The monoisotopic (exact) mass is 264 g/mol. The van der Waals surface area contributed by atoms with Crippen LogP contribution in [0.5, 0.6) is 0 Å². The fraction of sp³-hybridized carbons (Fsp3) is 0.812. The highest BCUT2D eigenvalue weighted by molar-refractivity contribution is 6.00. The first-order valence-electron chi connectivity index (χ1n) is 7.33. The smallest absolute Gasteiger partial charge is 0.173 e. The minimum Gasteiger partial charge on any atom is -0.347 e. The summed E-state index contributed by atoms with van der Waals surface area (Å²) in [5.74, 6) is 0.143. The van der Waals surface area contributed by atoms with Crippen LogP contribution in [-0.2, 0) is 14.3 Å². The molecule has 3 aliphatic rings. The number of rotatable bonds is 0. The topological polar surface area (TPSA) is 35.5 Å². The first-order chi connectivity index (χ1) is 8.83. The summed E-state index contributed by atoms with van der Waals surface area (Å²) >= 11 is 0. The molecule has 1 saturated carbocycles. The van der Waals surface area contributed by atoms with Gasteiger partial charge in [0, 0.05) is 17.3 Å². The van der Waals surface area contributed by atoms with Crippen LogP contribution in [0.1, 0.15) is 47.0 Å². The van der Waals surface area contributed by atoms with E-state index >= 15 is 0 Å². The van der Waals surface area contributed by atoms with Crippen molar-refractivity contribution >= 4 is 5.78 Å². The van der Waals surface area contributed by atoms with Crippen LogP contribution in [0, 0.1) is 16.7 Å². The molecule has 106 valence electrons. The number of carbonyl (C=O) groups excluding carboxylic acids is 1. The molecule has 0 radical (unpaired) electrons. The van der Waals surface area contributed by atoms with Crippen molar-refractivity contribution in [2.45, 2.75) is 52.7 Å². The second kappa shape index (κ2) is 3.92. The second-order valence-corrected chi connectivity index (χ2v) is 7.09. The molecule has 0 aromatic rings. The van der Waals surface area contributed by atoms with Gasteiger partial charge in [-0.05, 0) is 31.3 Å². The molecule has 2 fully saturated rings. The zero-order valence-electron chi connectivity index (χ0n) is 12.4. The van der Waals surface area contributed by atoms with Gasteiger partial charge in [-0.25, -0.2) is 0 Å². The third kappa shape index (κ3) is 1.55. The van der Waals surface area contributed by atoms with Crippen molar-refractivity contribution < 1.29 is 14.3 Å². The van der Waals surface area contributed by atoms with E-state index in [2.05, 4.69) is 26.8 Å². The van der Waals surface area contributed by atoms with Gasteiger partial charge in [-0.2, -0.15) is 0 Å². The summed E-state index contributed by atoms with van der Waals surface area (Å²) < 4.78 is 12.0. The Bertz CT molecular complexity index is 443. The lowest BCUT2D eigenvalue weighted by molar-refractivity contribution is -0.279. The molecule has 0 aromatic heterocycles. The van der Waals surface area contributed by atoms with E-state index in [0.717, 1.165) is 24.8 Å². The first-order valence-corrected chi connectivity index (χ1v) is 7.33. The lowest BCUT2D eigenvalue weighted by atomic mass is 9.49. The van der Waals surface area contributed by atoms with Crippen molar-refractivity contribution in [1.29, 1.82) is 0 Å². The average molecular weight is 264 g/mol. The van der Waals surface area contributed by atoms with Crippen LogP contribution in [-0.4, -0.2) is 24.8 Å². The van der Waals surface area contributed by atoms with Crippen LogP contribution in [0.4, 0.5) is 0 Å². The summed E-state index contributed by atoms with van der Waals surface area (Å²) in [4.78, 5) is 12.6. The molecule has 0 N–H and O–H groups in total. The Hall–Kier alpha value is -0.670. The fourth-order valence-electron chi connectivity index (χ4n) is 4.62. The van der Waals surface area contributed by atoms with Crippen molar-refractivity contribution in [1.82, 2.24) is 0 Å². The number of ether oxygens (including phenoxy) is 2. The summed E-state index contributed by atoms with van der Waals surface area (Å²) in [6.07, 6.45) is 4.75. The minimum absolute atomic E-state index is 0.136. The molecule has 1 aliphatic heterocycles. The molecule has 0 aromatic carbocycles. The van der Waals surface area contributed by atoms with Gasteiger partial charge in [0.25, 0.3) is 0 Å². The second-order valence-electron chi connectivity index (χ2n) is 7.09. The SMILES string of the molecule is CC1=CC[C@H]2C(C)(C)C3(CC[C@]2(C)C1=O)OCCO3. The quantitative estimate of drug-likeness (QED) is 0.674. The van der Waals surface area contributed by atoms with Gasteiger partial charge >= 0.3 is 0 Å². The molecule has 2 aliphatic carbocycles. The lowest BCUT2D eigenvalue weighted by Crippen LogP contribution is -2.61. The van der Waals surface area contributed by atoms with E-state index in [1.807, 2.05) is 6.92 Å². The molecule has 2 atom stereocenters. The summed E-state index contributed by atoms with van der Waals surface area (Å²) in [7, 11) is 0. The number of ketones is 1. The lowest BCUT2D eigenvalue weighted by Gasteiger charge is -2.58. The predicted molar refractivity (Wildman–Crippen MR) is 72.6 cm³/mol. The van der Waals surface area contributed by atoms with Crippen LogP contribution in [0.25, 0.3) is 0 Å². The van der Waals surface area contributed by atoms with Gasteiger partial charge in [-0.1, -0.05) is 26.8 Å². The molecule has 0 amide bonds. The Labute approximate surface area is 115 Å². The summed E-state index contributed by atoms with van der Waals surface area (Å²) in [6.45, 7) is 9.86. The highest BCUT2D eigenvalue weighted by Crippen LogP contribution is 2.61. The van der Waals surface area contributed by atoms with Gasteiger partial charge in [0.2, 0.25) is 0 Å². The third-order valence-corrected chi connectivity index (χ3v) is 5.89. The van der Waals surface area contributed by atoms with Gasteiger partial charge in [-0.3, -0.25) is 4.79 Å². The normalized spacial score (nSPS) is 40.1. The zero-order chi connectivity index (χ0) is 13.9. The maximum Gasteiger partial charge on any atom is 0.173 e. The number of allylic oxidation sites excluding steroid dienone is 2. The van der Waals surface area contributed by atoms with E-state index in [0.29, 0.717) is 24.9 Å². The number of Topliss-reactive ketones (excluding diaryl/α,β-unsaturated/α-hetero) is 1. The minimum atomic E-state index is -0.476. The Morgan fingerprint density at radius 1 is 1.16 bits per heavy atom. The Morgan fingerprint density at radius 2 is 1.79 bits per heavy atom. The van der Waals surface area contributed by atoms with Gasteiger partial charge in [-0.15, -0.1) is 0 Å². The Kier molecular flexibility index (Phi) is 2.75. The van der Waals surface area contributed by atoms with E-state index in [1.54, 1.807) is 0 Å². The number of carbonyl (C=O) groups is 1. The van der Waals surface area contributed by atoms with Crippen molar-refractivity contribution in [2.75, 3.05) is 13.2 Å². The highest BCUT2D eigenvalue weighted by Gasteiger charge is 2.64. The molecule has 19 heavy (non-hydrogen) atoms. The van der Waals surface area contributed by atoms with Crippen LogP contribution < -0.4 is 0 Å². The number of hydrogen-bond acceptors (Lipinski definition) is 3. The third-order valence-electron chi connectivity index (χ3n) is 5.89. The van der Waals surface area contributed by atoms with Gasteiger partial charge < -0.3 is 9.47 Å². The summed E-state index contributed by atoms with van der Waals surface area (Å²) in [5, 5.41) is 0. The van der Waals surface area contributed by atoms with Crippen LogP contribution >= 0.6 is 0 Å². The maximum absolute atomic E-state index is 12.6. The van der Waals surface area contributed by atoms with Crippen LogP contribution in [0.2, 0.25) is 0 Å². The van der Waals surface area contributed by atoms with Crippen molar-refractivity contribution in [3.63, 3.8) is 0 Å². The Balaban J connectivity index is 2.04. The summed E-state index contributed by atoms with van der Waals surface area (Å²) in [6, 6.07) is 0. The van der Waals surface area contributed by atoms with Crippen molar-refractivity contribution in [2.24, 2.45) is 16.7 Å². The van der Waals surface area contributed by atoms with Gasteiger partial charge in [0.05, 0.1) is 13.2 Å².